The van der Waals surface area contributed by atoms with Crippen LogP contribution in [0.1, 0.15) is 48.0 Å². The van der Waals surface area contributed by atoms with Crippen LogP contribution in [0.4, 0.5) is 14.6 Å². The lowest BCUT2D eigenvalue weighted by Crippen LogP contribution is -2.28. The van der Waals surface area contributed by atoms with Gasteiger partial charge in [-0.25, -0.2) is 23.7 Å². The minimum absolute atomic E-state index is 0.00630. The maximum Gasteiger partial charge on any atom is 0.331 e. The predicted molar refractivity (Wildman–Crippen MR) is 129 cm³/mol. The molecule has 11 heteroatoms. The number of fused-ring (bicyclic) bond motifs is 1. The van der Waals surface area contributed by atoms with E-state index in [0.29, 0.717) is 23.0 Å². The number of hydrogen-bond donors (Lipinski definition) is 2. The number of aromatic amines is 1. The summed E-state index contributed by atoms with van der Waals surface area (Å²) in [4.78, 5) is 15.4. The zero-order valence-corrected chi connectivity index (χ0v) is 21.2. The van der Waals surface area contributed by atoms with Gasteiger partial charge in [-0.1, -0.05) is 13.8 Å². The average molecular weight is 496 g/mol. The van der Waals surface area contributed by atoms with Gasteiger partial charge in [-0.15, -0.1) is 0 Å². The minimum Gasteiger partial charge on any atom is -0.365 e. The fraction of sp³-hybridized carbons (Fsp3) is 0.522. The molecule has 8 nitrogen and oxygen atoms in total. The number of pyridine rings is 1. The number of halogens is 2. The van der Waals surface area contributed by atoms with Gasteiger partial charge in [0.25, 0.3) is 0 Å². The van der Waals surface area contributed by atoms with E-state index < -0.39 is 19.2 Å². The van der Waals surface area contributed by atoms with Crippen LogP contribution < -0.4 is 5.32 Å². The number of nitrogens with zero attached hydrogens (tertiary/aromatic N) is 3. The molecule has 0 fully saturated rings. The number of hydrogen-bond acceptors (Lipinski definition) is 7. The van der Waals surface area contributed by atoms with Crippen LogP contribution in [-0.4, -0.2) is 44.3 Å². The van der Waals surface area contributed by atoms with Crippen molar-refractivity contribution in [2.45, 2.75) is 66.2 Å². The van der Waals surface area contributed by atoms with Gasteiger partial charge in [-0.2, -0.15) is 0 Å². The topological polar surface area (TPSA) is 102 Å². The van der Waals surface area contributed by atoms with Gasteiger partial charge in [0.15, 0.2) is 17.5 Å². The quantitative estimate of drug-likeness (QED) is 0.307. The van der Waals surface area contributed by atoms with Gasteiger partial charge in [0.05, 0.1) is 30.8 Å². The van der Waals surface area contributed by atoms with Crippen LogP contribution in [0, 0.1) is 17.6 Å². The van der Waals surface area contributed by atoms with Gasteiger partial charge in [-0.3, -0.25) is 4.57 Å². The van der Waals surface area contributed by atoms with Crippen LogP contribution in [0.5, 0.6) is 0 Å². The summed E-state index contributed by atoms with van der Waals surface area (Å²) in [6.45, 7) is 11.2. The highest BCUT2D eigenvalue weighted by molar-refractivity contribution is 7.53. The molecule has 0 spiro atoms. The highest BCUT2D eigenvalue weighted by atomic mass is 31.2. The highest BCUT2D eigenvalue weighted by Gasteiger charge is 2.30. The smallest absolute Gasteiger partial charge is 0.331 e. The third kappa shape index (κ3) is 6.58. The van der Waals surface area contributed by atoms with Gasteiger partial charge in [0, 0.05) is 23.2 Å². The Bertz CT molecular complexity index is 1150. The molecule has 0 radical (unpaired) electrons. The van der Waals surface area contributed by atoms with Gasteiger partial charge >= 0.3 is 7.60 Å². The van der Waals surface area contributed by atoms with Crippen LogP contribution >= 0.6 is 7.60 Å². The van der Waals surface area contributed by atoms with Crippen LogP contribution in [0.3, 0.4) is 0 Å². The van der Waals surface area contributed by atoms with Crippen molar-refractivity contribution in [2.75, 3.05) is 11.5 Å². The van der Waals surface area contributed by atoms with Crippen molar-refractivity contribution in [3.05, 3.63) is 36.3 Å². The summed E-state index contributed by atoms with van der Waals surface area (Å²) >= 11 is 0. The molecule has 186 valence electrons. The maximum atomic E-state index is 14.7. The molecule has 0 saturated carbocycles. The zero-order chi connectivity index (χ0) is 25.0. The summed E-state index contributed by atoms with van der Waals surface area (Å²) in [5, 5.41) is 3.63. The summed E-state index contributed by atoms with van der Waals surface area (Å²) in [6.07, 6.45) is 3.86. The van der Waals surface area contributed by atoms with Crippen LogP contribution in [0.2, 0.25) is 0 Å². The Kier molecular flexibility index (Phi) is 8.38. The lowest BCUT2D eigenvalue weighted by Gasteiger charge is -2.27. The van der Waals surface area contributed by atoms with E-state index >= 15 is 0 Å². The molecular weight excluding hydrogens is 463 g/mol. The summed E-state index contributed by atoms with van der Waals surface area (Å²) in [5.74, 6) is -0.825. The van der Waals surface area contributed by atoms with E-state index in [2.05, 4.69) is 25.3 Å². The molecule has 3 aromatic rings. The Hall–Kier alpha value is -2.42. The molecule has 0 aromatic carbocycles. The van der Waals surface area contributed by atoms with E-state index in [9.17, 15) is 13.3 Å². The van der Waals surface area contributed by atoms with Gasteiger partial charge < -0.3 is 19.3 Å². The molecule has 1 atom stereocenters. The molecule has 3 aromatic heterocycles. The fourth-order valence-corrected chi connectivity index (χ4v) is 5.72. The Morgan fingerprint density at radius 2 is 1.74 bits per heavy atom. The first kappa shape index (κ1) is 26.2. The molecule has 3 rings (SSSR count). The van der Waals surface area contributed by atoms with Crippen LogP contribution in [0.15, 0.2) is 24.7 Å². The number of H-pyrrole nitrogens is 1. The van der Waals surface area contributed by atoms with Gasteiger partial charge in [-0.05, 0) is 46.1 Å². The Labute approximate surface area is 198 Å². The van der Waals surface area contributed by atoms with E-state index in [4.69, 9.17) is 9.05 Å². The molecule has 3 heterocycles. The Morgan fingerprint density at radius 3 is 2.35 bits per heavy atom. The summed E-state index contributed by atoms with van der Waals surface area (Å²) in [5.41, 5.74) is 0.983. The molecular formula is C23H32F2N5O3P. The second-order valence-electron chi connectivity index (χ2n) is 9.07. The minimum atomic E-state index is -3.34. The summed E-state index contributed by atoms with van der Waals surface area (Å²) < 4.78 is 52.9. The summed E-state index contributed by atoms with van der Waals surface area (Å²) in [7, 11) is -3.34. The van der Waals surface area contributed by atoms with Crippen LogP contribution in [-0.2, 0) is 13.6 Å². The van der Waals surface area contributed by atoms with E-state index in [-0.39, 0.29) is 42.0 Å². The lowest BCUT2D eigenvalue weighted by molar-refractivity contribution is 0.142. The van der Waals surface area contributed by atoms with Crippen LogP contribution in [0.25, 0.3) is 22.4 Å². The first-order valence-corrected chi connectivity index (χ1v) is 13.1. The van der Waals surface area contributed by atoms with E-state index in [1.165, 1.54) is 6.07 Å². The first-order chi connectivity index (χ1) is 16.0. The van der Waals surface area contributed by atoms with Crippen molar-refractivity contribution in [3.8, 4) is 11.4 Å². The Morgan fingerprint density at radius 1 is 1.06 bits per heavy atom. The Balaban J connectivity index is 1.84. The molecule has 34 heavy (non-hydrogen) atoms. The molecule has 0 saturated heterocycles. The molecule has 0 amide bonds. The number of anilines is 1. The third-order valence-electron chi connectivity index (χ3n) is 5.07. The molecule has 0 aliphatic rings. The standard InChI is InChI=1S/C23H32F2N5O3P/c1-13(2)20(7-8-34(31,32-14(3)4)33-15(5)6)29-23-19(25)12-28-22(30-23)18-11-27-21-17(18)9-16(24)10-26-21/h9-15,20H,7-8H2,1-6H3,(H,26,27)(H,28,29,30)/t20-/m1/s1. The van der Waals surface area contributed by atoms with E-state index in [0.717, 1.165) is 12.4 Å². The maximum absolute atomic E-state index is 14.7. The van der Waals surface area contributed by atoms with Crippen molar-refractivity contribution in [1.29, 1.82) is 0 Å². The van der Waals surface area contributed by atoms with E-state index in [1.807, 2.05) is 13.8 Å². The molecule has 0 unspecified atom stereocenters. The fourth-order valence-electron chi connectivity index (χ4n) is 3.58. The van der Waals surface area contributed by atoms with Crippen molar-refractivity contribution >= 4 is 24.4 Å². The number of aromatic nitrogens is 4. The highest BCUT2D eigenvalue weighted by Crippen LogP contribution is 2.51. The van der Waals surface area contributed by atoms with Gasteiger partial charge in [0.2, 0.25) is 0 Å². The average Bonchev–Trinajstić information content (AvgIpc) is 3.14. The third-order valence-corrected chi connectivity index (χ3v) is 7.36. The number of nitrogens with one attached hydrogen (secondary N) is 2. The first-order valence-electron chi connectivity index (χ1n) is 11.4. The van der Waals surface area contributed by atoms with Crippen molar-refractivity contribution in [1.82, 2.24) is 19.9 Å². The van der Waals surface area contributed by atoms with Crippen molar-refractivity contribution in [2.24, 2.45) is 5.92 Å². The lowest BCUT2D eigenvalue weighted by atomic mass is 10.0. The second-order valence-corrected chi connectivity index (χ2v) is 11.2. The normalized spacial score (nSPS) is 13.4. The van der Waals surface area contributed by atoms with Crippen molar-refractivity contribution in [3.63, 3.8) is 0 Å². The molecule has 0 aliphatic heterocycles. The van der Waals surface area contributed by atoms with Gasteiger partial charge in [0.1, 0.15) is 11.5 Å². The largest absolute Gasteiger partial charge is 0.365 e. The summed E-state index contributed by atoms with van der Waals surface area (Å²) in [6, 6.07) is 1.06. The zero-order valence-electron chi connectivity index (χ0n) is 20.3. The monoisotopic (exact) mass is 495 g/mol. The molecule has 0 aliphatic carbocycles. The van der Waals surface area contributed by atoms with E-state index in [1.54, 1.807) is 33.9 Å². The second kappa shape index (κ2) is 10.9. The predicted octanol–water partition coefficient (Wildman–Crippen LogP) is 6.17. The molecule has 0 bridgehead atoms. The molecule has 2 N–H and O–H groups in total. The SMILES string of the molecule is CC(C)OP(=O)(CC[C@@H](Nc1nc(-c2c[nH]c3ncc(F)cc23)ncc1F)C(C)C)OC(C)C. The number of rotatable bonds is 11. The van der Waals surface area contributed by atoms with Crippen molar-refractivity contribution < 1.29 is 22.4 Å².